The number of phenolic OH excluding ortho intramolecular Hbond substituents is 1. The van der Waals surface area contributed by atoms with Gasteiger partial charge < -0.3 is 24.3 Å². The Morgan fingerprint density at radius 2 is 1.06 bits per heavy atom. The third-order valence-corrected chi connectivity index (χ3v) is 12.5. The largest absolute Gasteiger partial charge is 0.508 e. The van der Waals surface area contributed by atoms with Crippen LogP contribution in [0, 0.1) is 41.5 Å². The Labute approximate surface area is 368 Å². The fourth-order valence-electron chi connectivity index (χ4n) is 7.04. The van der Waals surface area contributed by atoms with Crippen molar-refractivity contribution in [2.45, 2.75) is 68.0 Å². The summed E-state index contributed by atoms with van der Waals surface area (Å²) in [5.41, 5.74) is 6.88. The molecule has 0 aromatic heterocycles. The van der Waals surface area contributed by atoms with Gasteiger partial charge in [0, 0.05) is 39.6 Å². The number of para-hydroxylation sites is 2. The van der Waals surface area contributed by atoms with Gasteiger partial charge in [-0.05, 0) is 107 Å². The van der Waals surface area contributed by atoms with E-state index in [4.69, 9.17) is 9.84 Å². The SMILES string of the molecule is C=C(C)C(=O)OCCO.C=C(C)C(=O)OCCc1ccc(O)c(C2N=c3ccccc3=N2)c1.Cc1cc(C)c(C(=O)P(=O)(C(=O)c2c(C)cc(C)cc2C)c2ccccc2)c(C)c1. The summed E-state index contributed by atoms with van der Waals surface area (Å²) in [5, 5.41) is 20.3. The average Bonchev–Trinajstić information content (AvgIpc) is 3.67. The highest BCUT2D eigenvalue weighted by molar-refractivity contribution is 8.01. The molecule has 5 aromatic carbocycles. The molecule has 0 amide bonds. The number of hydrogen-bond acceptors (Lipinski definition) is 11. The van der Waals surface area contributed by atoms with Gasteiger partial charge in [-0.3, -0.25) is 19.6 Å². The first-order valence-electron chi connectivity index (χ1n) is 20.3. The van der Waals surface area contributed by atoms with Gasteiger partial charge in [0.2, 0.25) is 18.2 Å². The second-order valence-electron chi connectivity index (χ2n) is 15.4. The van der Waals surface area contributed by atoms with Crippen LogP contribution in [-0.4, -0.2) is 53.0 Å². The first-order valence-corrected chi connectivity index (χ1v) is 22.0. The molecule has 0 atom stereocenters. The fraction of sp³-hybridized carbons (Fsp3) is 0.255. The number of phenols is 1. The van der Waals surface area contributed by atoms with Crippen molar-refractivity contribution in [2.75, 3.05) is 19.8 Å². The van der Waals surface area contributed by atoms with Crippen molar-refractivity contribution in [1.82, 2.24) is 0 Å². The number of hydrogen-bond donors (Lipinski definition) is 2. The lowest BCUT2D eigenvalue weighted by molar-refractivity contribution is -0.140. The van der Waals surface area contributed by atoms with Gasteiger partial charge in [-0.15, -0.1) is 0 Å². The van der Waals surface area contributed by atoms with Gasteiger partial charge in [-0.2, -0.15) is 0 Å². The second-order valence-corrected chi connectivity index (χ2v) is 18.0. The normalized spacial score (nSPS) is 11.6. The Balaban J connectivity index is 0.000000236. The maximum atomic E-state index is 14.5. The summed E-state index contributed by atoms with van der Waals surface area (Å²) >= 11 is 0. The quantitative estimate of drug-likeness (QED) is 0.0672. The number of carbonyl (C=O) groups is 4. The number of aromatic hydroxyl groups is 1. The summed E-state index contributed by atoms with van der Waals surface area (Å²) in [5.74, 6) is -0.697. The summed E-state index contributed by atoms with van der Waals surface area (Å²) in [7, 11) is -4.11. The van der Waals surface area contributed by atoms with Crippen LogP contribution in [-0.2, 0) is 30.0 Å². The van der Waals surface area contributed by atoms with Crippen molar-refractivity contribution in [2.24, 2.45) is 9.98 Å². The van der Waals surface area contributed by atoms with Gasteiger partial charge in [0.1, 0.15) is 12.4 Å². The Kier molecular flexibility index (Phi) is 17.1. The molecule has 0 spiro atoms. The van der Waals surface area contributed by atoms with Crippen molar-refractivity contribution >= 4 is 35.4 Å². The smallest absolute Gasteiger partial charge is 0.333 e. The Morgan fingerprint density at radius 3 is 1.49 bits per heavy atom. The highest BCUT2D eigenvalue weighted by Gasteiger charge is 2.44. The topological polar surface area (TPSA) is 169 Å². The summed E-state index contributed by atoms with van der Waals surface area (Å²) in [6.45, 7) is 21.5. The number of esters is 2. The second kappa shape index (κ2) is 22.0. The van der Waals surface area contributed by atoms with E-state index in [1.165, 1.54) is 0 Å². The molecule has 0 aliphatic carbocycles. The van der Waals surface area contributed by atoms with E-state index in [-0.39, 0.29) is 30.9 Å². The first kappa shape index (κ1) is 49.1. The van der Waals surface area contributed by atoms with Crippen LogP contribution < -0.4 is 16.0 Å². The number of fused-ring (bicyclic) bond motifs is 1. The molecule has 0 saturated heterocycles. The lowest BCUT2D eigenvalue weighted by Gasteiger charge is -2.21. The molecule has 328 valence electrons. The summed E-state index contributed by atoms with van der Waals surface area (Å²) in [6, 6.07) is 28.9. The molecule has 5 aromatic rings. The van der Waals surface area contributed by atoms with E-state index in [2.05, 4.69) is 27.9 Å². The van der Waals surface area contributed by atoms with Crippen molar-refractivity contribution in [3.8, 4) is 5.75 Å². The van der Waals surface area contributed by atoms with Crippen LogP contribution in [0.25, 0.3) is 0 Å². The van der Waals surface area contributed by atoms with Gasteiger partial charge in [0.15, 0.2) is 6.17 Å². The monoisotopic (exact) mass is 870 g/mol. The third-order valence-electron chi connectivity index (χ3n) is 9.89. The van der Waals surface area contributed by atoms with Crippen LogP contribution in [0.5, 0.6) is 5.75 Å². The summed E-state index contributed by atoms with van der Waals surface area (Å²) in [6.07, 6.45) is 0.103. The van der Waals surface area contributed by atoms with Gasteiger partial charge in [-0.25, -0.2) is 9.59 Å². The first-order chi connectivity index (χ1) is 29.8. The van der Waals surface area contributed by atoms with Crippen molar-refractivity contribution < 1.29 is 43.4 Å². The molecule has 12 heteroatoms. The van der Waals surface area contributed by atoms with Crippen LogP contribution in [0.4, 0.5) is 0 Å². The molecule has 6 rings (SSSR count). The predicted octanol–water partition coefficient (Wildman–Crippen LogP) is 8.31. The molecule has 1 heterocycles. The molecule has 1 aliphatic rings. The van der Waals surface area contributed by atoms with Crippen LogP contribution in [0.3, 0.4) is 0 Å². The fourth-order valence-corrected chi connectivity index (χ4v) is 9.62. The van der Waals surface area contributed by atoms with Crippen molar-refractivity contribution in [1.29, 1.82) is 0 Å². The highest BCUT2D eigenvalue weighted by atomic mass is 31.2. The molecular formula is C51H55N2O9P. The predicted molar refractivity (Wildman–Crippen MR) is 246 cm³/mol. The van der Waals surface area contributed by atoms with Crippen molar-refractivity contribution in [3.05, 3.63) is 188 Å². The van der Waals surface area contributed by atoms with E-state index in [1.54, 1.807) is 56.3 Å². The molecule has 0 fully saturated rings. The van der Waals surface area contributed by atoms with E-state index in [0.717, 1.165) is 49.7 Å². The maximum Gasteiger partial charge on any atom is 0.333 e. The third kappa shape index (κ3) is 12.3. The lowest BCUT2D eigenvalue weighted by Crippen LogP contribution is -2.23. The zero-order valence-electron chi connectivity index (χ0n) is 37.2. The van der Waals surface area contributed by atoms with Gasteiger partial charge in [0.05, 0.1) is 23.9 Å². The molecule has 2 N–H and O–H groups in total. The average molecular weight is 871 g/mol. The minimum Gasteiger partial charge on any atom is -0.508 e. The number of rotatable bonds is 13. The van der Waals surface area contributed by atoms with Gasteiger partial charge >= 0.3 is 11.9 Å². The van der Waals surface area contributed by atoms with Gasteiger partial charge in [0.25, 0.3) is 0 Å². The summed E-state index contributed by atoms with van der Waals surface area (Å²) in [4.78, 5) is 58.6. The molecule has 11 nitrogen and oxygen atoms in total. The zero-order valence-corrected chi connectivity index (χ0v) is 38.0. The Morgan fingerprint density at radius 1 is 0.635 bits per heavy atom. The van der Waals surface area contributed by atoms with E-state index in [1.807, 2.05) is 96.1 Å². The van der Waals surface area contributed by atoms with Crippen molar-refractivity contribution in [3.63, 3.8) is 0 Å². The molecule has 0 bridgehead atoms. The minimum absolute atomic E-state index is 0.0473. The number of aliphatic hydroxyl groups excluding tert-OH is 1. The number of benzene rings is 5. The molecule has 63 heavy (non-hydrogen) atoms. The van der Waals surface area contributed by atoms with Gasteiger partial charge in [-0.1, -0.05) is 97.1 Å². The summed E-state index contributed by atoms with van der Waals surface area (Å²) < 4.78 is 24.1. The van der Waals surface area contributed by atoms with Crippen LogP contribution in [0.15, 0.2) is 131 Å². The highest BCUT2D eigenvalue weighted by Crippen LogP contribution is 2.52. The lowest BCUT2D eigenvalue weighted by atomic mass is 10.0. The molecule has 1 aliphatic heterocycles. The molecule has 0 saturated carbocycles. The number of ether oxygens (including phenoxy) is 2. The van der Waals surface area contributed by atoms with E-state index in [9.17, 15) is 28.8 Å². The maximum absolute atomic E-state index is 14.5. The van der Waals surface area contributed by atoms with Crippen LogP contribution in [0.1, 0.15) is 85.2 Å². The standard InChI is InChI=1S/C26H27O3P.C19H18N2O3.C6H10O3/c1-16-12-18(3)23(19(4)13-16)25(27)30(29,22-10-8-7-9-11-22)26(28)24-20(5)14-17(2)15-21(24)6;1-12(2)19(23)24-10-9-13-7-8-17(22)14(11-13)18-20-15-5-3-4-6-16(15)21-18;1-5(2)6(8)9-4-3-7/h7-15H,1-6H3;3-8,11,18,22H,1,9-10H2,2H3;7H,1,3-4H2,2H3. The molecular weight excluding hydrogens is 816 g/mol. The van der Waals surface area contributed by atoms with Crippen LogP contribution in [0.2, 0.25) is 0 Å². The van der Waals surface area contributed by atoms with E-state index < -0.39 is 36.3 Å². The number of aryl methyl sites for hydroxylation is 6. The van der Waals surface area contributed by atoms with E-state index >= 15 is 0 Å². The minimum atomic E-state index is -4.11. The van der Waals surface area contributed by atoms with Crippen LogP contribution >= 0.6 is 7.14 Å². The number of aliphatic hydroxyl groups is 1. The Hall–Kier alpha value is -6.55. The number of nitrogens with zero attached hydrogens (tertiary/aromatic N) is 2. The van der Waals surface area contributed by atoms with E-state index in [0.29, 0.717) is 34.3 Å². The zero-order chi connectivity index (χ0) is 46.6. The molecule has 0 radical (unpaired) electrons. The Bertz CT molecular complexity index is 2590. The number of carbonyl (C=O) groups excluding carboxylic acids is 4. The molecule has 0 unspecified atom stereocenters.